The first-order chi connectivity index (χ1) is 8.84. The van der Waals surface area contributed by atoms with Gasteiger partial charge in [-0.1, -0.05) is 24.6 Å². The topological polar surface area (TPSA) is 85.4 Å². The molecule has 0 saturated heterocycles. The highest BCUT2D eigenvalue weighted by atomic mass is 35.5. The second kappa shape index (κ2) is 6.83. The van der Waals surface area contributed by atoms with Gasteiger partial charge < -0.3 is 4.74 Å². The fourth-order valence-corrected chi connectivity index (χ4v) is 2.63. The number of ether oxygens (including phenoxy) is 1. The molecule has 0 aromatic carbocycles. The second-order valence-corrected chi connectivity index (χ2v) is 6.18. The van der Waals surface area contributed by atoms with Crippen molar-refractivity contribution in [2.45, 2.75) is 12.7 Å². The van der Waals surface area contributed by atoms with Gasteiger partial charge in [-0.25, -0.2) is 13.4 Å². The third kappa shape index (κ3) is 5.54. The number of carbonyl (C=O) groups is 1. The fourth-order valence-electron chi connectivity index (χ4n) is 1.33. The number of hydrogen-bond acceptors (Lipinski definition) is 5. The number of pyridine rings is 1. The van der Waals surface area contributed by atoms with Crippen LogP contribution in [0.4, 0.5) is 0 Å². The molecule has 0 aliphatic rings. The number of amides is 1. The molecule has 0 spiro atoms. The number of rotatable bonds is 6. The first kappa shape index (κ1) is 15.9. The van der Waals surface area contributed by atoms with Crippen LogP contribution in [0.1, 0.15) is 12.5 Å². The summed E-state index contributed by atoms with van der Waals surface area (Å²) in [5, 5.41) is 0.277. The zero-order valence-corrected chi connectivity index (χ0v) is 12.2. The van der Waals surface area contributed by atoms with E-state index in [9.17, 15) is 13.2 Å². The highest BCUT2D eigenvalue weighted by Crippen LogP contribution is 2.08. The lowest BCUT2D eigenvalue weighted by Crippen LogP contribution is -2.36. The standard InChI is InChI=1S/C11H15ClN2O4S/c1-8(6-18-2)11(15)14-19(16,17)7-9-3-4-10(12)13-5-9/h3-5,8H,6-7H2,1-2H3,(H,14,15). The number of hydrogen-bond donors (Lipinski definition) is 1. The highest BCUT2D eigenvalue weighted by Gasteiger charge is 2.20. The van der Waals surface area contributed by atoms with Gasteiger partial charge in [-0.15, -0.1) is 0 Å². The van der Waals surface area contributed by atoms with Gasteiger partial charge in [-0.3, -0.25) is 9.52 Å². The van der Waals surface area contributed by atoms with E-state index in [1.54, 1.807) is 6.92 Å². The van der Waals surface area contributed by atoms with Crippen LogP contribution < -0.4 is 4.72 Å². The molecule has 8 heteroatoms. The van der Waals surface area contributed by atoms with Crippen molar-refractivity contribution < 1.29 is 17.9 Å². The molecule has 6 nitrogen and oxygen atoms in total. The number of nitrogens with one attached hydrogen (secondary N) is 1. The molecule has 1 N–H and O–H groups in total. The van der Waals surface area contributed by atoms with Gasteiger partial charge in [0.1, 0.15) is 5.15 Å². The summed E-state index contributed by atoms with van der Waals surface area (Å²) < 4.78 is 30.3. The zero-order chi connectivity index (χ0) is 14.5. The molecule has 0 aliphatic carbocycles. The number of methoxy groups -OCH3 is 1. The Morgan fingerprint density at radius 3 is 2.74 bits per heavy atom. The molecule has 1 rings (SSSR count). The molecule has 1 unspecified atom stereocenters. The van der Waals surface area contributed by atoms with Crippen molar-refractivity contribution >= 4 is 27.5 Å². The first-order valence-electron chi connectivity index (χ1n) is 5.48. The molecule has 1 heterocycles. The lowest BCUT2D eigenvalue weighted by Gasteiger charge is -2.11. The molecule has 1 amide bonds. The van der Waals surface area contributed by atoms with Gasteiger partial charge in [0.15, 0.2) is 0 Å². The molecule has 0 aliphatic heterocycles. The summed E-state index contributed by atoms with van der Waals surface area (Å²) in [4.78, 5) is 15.4. The molecule has 1 aromatic heterocycles. The summed E-state index contributed by atoms with van der Waals surface area (Å²) in [5.74, 6) is -1.46. The molecule has 0 radical (unpaired) electrons. The number of sulfonamides is 1. The van der Waals surface area contributed by atoms with Crippen molar-refractivity contribution in [3.63, 3.8) is 0 Å². The summed E-state index contributed by atoms with van der Waals surface area (Å²) in [5.41, 5.74) is 0.448. The minimum absolute atomic E-state index is 0.157. The SMILES string of the molecule is COCC(C)C(=O)NS(=O)(=O)Cc1ccc(Cl)nc1. The summed E-state index contributed by atoms with van der Waals surface area (Å²) >= 11 is 5.60. The van der Waals surface area contributed by atoms with E-state index in [1.807, 2.05) is 4.72 Å². The Balaban J connectivity index is 2.66. The van der Waals surface area contributed by atoms with Gasteiger partial charge in [0.2, 0.25) is 15.9 Å². The van der Waals surface area contributed by atoms with E-state index in [4.69, 9.17) is 16.3 Å². The van der Waals surface area contributed by atoms with Crippen molar-refractivity contribution in [2.24, 2.45) is 5.92 Å². The van der Waals surface area contributed by atoms with Gasteiger partial charge in [0, 0.05) is 13.3 Å². The largest absolute Gasteiger partial charge is 0.384 e. The van der Waals surface area contributed by atoms with E-state index in [-0.39, 0.29) is 17.5 Å². The van der Waals surface area contributed by atoms with Gasteiger partial charge in [0.05, 0.1) is 18.3 Å². The monoisotopic (exact) mass is 306 g/mol. The van der Waals surface area contributed by atoms with Crippen molar-refractivity contribution in [1.82, 2.24) is 9.71 Å². The van der Waals surface area contributed by atoms with E-state index in [1.165, 1.54) is 25.4 Å². The van der Waals surface area contributed by atoms with Crippen LogP contribution in [0.2, 0.25) is 5.15 Å². The summed E-state index contributed by atoms with van der Waals surface area (Å²) in [6, 6.07) is 3.03. The third-order valence-corrected chi connectivity index (χ3v) is 3.71. The van der Waals surface area contributed by atoms with Crippen molar-refractivity contribution in [3.05, 3.63) is 29.0 Å². The number of halogens is 1. The van der Waals surface area contributed by atoms with Gasteiger partial charge >= 0.3 is 0 Å². The number of aromatic nitrogens is 1. The molecular weight excluding hydrogens is 292 g/mol. The predicted molar refractivity (Wildman–Crippen MR) is 71.1 cm³/mol. The van der Waals surface area contributed by atoms with Crippen LogP contribution in [0.25, 0.3) is 0 Å². The lowest BCUT2D eigenvalue weighted by atomic mass is 10.2. The van der Waals surface area contributed by atoms with Gasteiger partial charge in [-0.2, -0.15) is 0 Å². The van der Waals surface area contributed by atoms with Crippen LogP contribution in [-0.4, -0.2) is 33.0 Å². The lowest BCUT2D eigenvalue weighted by molar-refractivity contribution is -0.124. The molecule has 19 heavy (non-hydrogen) atoms. The van der Waals surface area contributed by atoms with Crippen LogP contribution in [-0.2, 0) is 25.3 Å². The van der Waals surface area contributed by atoms with Crippen molar-refractivity contribution in [1.29, 1.82) is 0 Å². The molecule has 0 bridgehead atoms. The Morgan fingerprint density at radius 2 is 2.21 bits per heavy atom. The Labute approximate surface area is 117 Å². The van der Waals surface area contributed by atoms with Crippen LogP contribution in [0.3, 0.4) is 0 Å². The second-order valence-electron chi connectivity index (χ2n) is 4.07. The summed E-state index contributed by atoms with van der Waals surface area (Å²) in [6.45, 7) is 1.74. The maximum atomic E-state index is 11.8. The summed E-state index contributed by atoms with van der Waals surface area (Å²) in [7, 11) is -2.31. The predicted octanol–water partition coefficient (Wildman–Crippen LogP) is 0.964. The quantitative estimate of drug-likeness (QED) is 0.791. The van der Waals surface area contributed by atoms with E-state index < -0.39 is 21.8 Å². The first-order valence-corrected chi connectivity index (χ1v) is 7.51. The maximum absolute atomic E-state index is 11.8. The fraction of sp³-hybridized carbons (Fsp3) is 0.455. The Morgan fingerprint density at radius 1 is 1.53 bits per heavy atom. The minimum atomic E-state index is -3.75. The molecular formula is C11H15ClN2O4S. The number of nitrogens with zero attached hydrogens (tertiary/aromatic N) is 1. The third-order valence-electron chi connectivity index (χ3n) is 2.27. The van der Waals surface area contributed by atoms with E-state index in [2.05, 4.69) is 4.98 Å². The van der Waals surface area contributed by atoms with Crippen LogP contribution >= 0.6 is 11.6 Å². The Hall–Kier alpha value is -1.18. The van der Waals surface area contributed by atoms with Crippen LogP contribution in [0.5, 0.6) is 0 Å². The Kier molecular flexibility index (Phi) is 5.71. The van der Waals surface area contributed by atoms with Crippen LogP contribution in [0, 0.1) is 5.92 Å². The normalized spacial score (nSPS) is 13.0. The maximum Gasteiger partial charge on any atom is 0.239 e. The molecule has 106 valence electrons. The number of carbonyl (C=O) groups excluding carboxylic acids is 1. The van der Waals surface area contributed by atoms with Crippen molar-refractivity contribution in [3.8, 4) is 0 Å². The molecule has 0 fully saturated rings. The molecule has 0 saturated carbocycles. The Bertz CT molecular complexity index is 530. The average molecular weight is 307 g/mol. The van der Waals surface area contributed by atoms with Gasteiger partial charge in [-0.05, 0) is 11.6 Å². The smallest absolute Gasteiger partial charge is 0.239 e. The van der Waals surface area contributed by atoms with Crippen molar-refractivity contribution in [2.75, 3.05) is 13.7 Å². The average Bonchev–Trinajstić information content (AvgIpc) is 2.31. The van der Waals surface area contributed by atoms with E-state index >= 15 is 0 Å². The van der Waals surface area contributed by atoms with Crippen LogP contribution in [0.15, 0.2) is 18.3 Å². The van der Waals surface area contributed by atoms with Gasteiger partial charge in [0.25, 0.3) is 0 Å². The minimum Gasteiger partial charge on any atom is -0.384 e. The molecule has 1 aromatic rings. The highest BCUT2D eigenvalue weighted by molar-refractivity contribution is 7.89. The molecule has 1 atom stereocenters. The van der Waals surface area contributed by atoms with E-state index in [0.29, 0.717) is 5.56 Å². The van der Waals surface area contributed by atoms with E-state index in [0.717, 1.165) is 0 Å². The zero-order valence-electron chi connectivity index (χ0n) is 10.6. The summed E-state index contributed by atoms with van der Waals surface area (Å²) in [6.07, 6.45) is 1.35.